The molecule has 0 bridgehead atoms. The first-order valence-corrected chi connectivity index (χ1v) is 4.12. The van der Waals surface area contributed by atoms with E-state index in [1.807, 2.05) is 0 Å². The number of nitrogens with one attached hydrogen (secondary N) is 1. The van der Waals surface area contributed by atoms with Crippen LogP contribution in [0.1, 0.15) is 32.6 Å². The predicted octanol–water partition coefficient (Wildman–Crippen LogP) is 1.66. The number of carbonyl (C=O) groups is 1. The Kier molecular flexibility index (Phi) is 10.5. The lowest BCUT2D eigenvalue weighted by Gasteiger charge is -2.09. The molecule has 0 aliphatic rings. The normalized spacial score (nSPS) is 11.8. The topological polar surface area (TPSA) is 49.3 Å². The predicted molar refractivity (Wildman–Crippen MR) is 51.9 cm³/mol. The van der Waals surface area contributed by atoms with Gasteiger partial charge in [-0.3, -0.25) is 4.79 Å². The molecule has 0 heterocycles. The van der Waals surface area contributed by atoms with E-state index in [0.29, 0.717) is 0 Å². The first kappa shape index (κ1) is 14.3. The average Bonchev–Trinajstić information content (AvgIpc) is 1.97. The van der Waals surface area contributed by atoms with Crippen molar-refractivity contribution in [1.82, 2.24) is 5.32 Å². The summed E-state index contributed by atoms with van der Waals surface area (Å²) in [5, 5.41) is 11.4. The third kappa shape index (κ3) is 6.43. The quantitative estimate of drug-likeness (QED) is 0.634. The second-order valence-electron chi connectivity index (χ2n) is 2.68. The van der Waals surface area contributed by atoms with E-state index in [1.54, 1.807) is 7.05 Å². The highest BCUT2D eigenvalue weighted by Gasteiger charge is 2.12. The third-order valence-corrected chi connectivity index (χ3v) is 1.74. The summed E-state index contributed by atoms with van der Waals surface area (Å²) in [6.45, 7) is 2.11. The van der Waals surface area contributed by atoms with Crippen LogP contribution in [0.2, 0.25) is 0 Å². The van der Waals surface area contributed by atoms with Crippen LogP contribution in [0.25, 0.3) is 0 Å². The van der Waals surface area contributed by atoms with Gasteiger partial charge in [-0.1, -0.05) is 26.2 Å². The molecule has 0 aliphatic heterocycles. The molecule has 2 N–H and O–H groups in total. The molecule has 0 fully saturated rings. The second-order valence-corrected chi connectivity index (χ2v) is 2.68. The van der Waals surface area contributed by atoms with E-state index in [0.717, 1.165) is 25.7 Å². The maximum absolute atomic E-state index is 10.5. The van der Waals surface area contributed by atoms with Gasteiger partial charge < -0.3 is 10.4 Å². The van der Waals surface area contributed by atoms with Crippen LogP contribution >= 0.6 is 12.4 Å². The minimum absolute atomic E-state index is 0. The van der Waals surface area contributed by atoms with Gasteiger partial charge >= 0.3 is 5.97 Å². The van der Waals surface area contributed by atoms with Crippen molar-refractivity contribution in [3.05, 3.63) is 0 Å². The van der Waals surface area contributed by atoms with Gasteiger partial charge in [-0.2, -0.15) is 0 Å². The first-order chi connectivity index (χ1) is 5.22. The van der Waals surface area contributed by atoms with E-state index in [-0.39, 0.29) is 18.4 Å². The standard InChI is InChI=1S/C8H17NO2.ClH/c1-3-4-5-6-7(9-2)8(10)11;/h7,9H,3-6H2,1-2H3,(H,10,11);1H/t7-;/m0./s1. The highest BCUT2D eigenvalue weighted by molar-refractivity contribution is 5.85. The Labute approximate surface area is 80.0 Å². The van der Waals surface area contributed by atoms with Crippen molar-refractivity contribution in [2.24, 2.45) is 0 Å². The highest BCUT2D eigenvalue weighted by Crippen LogP contribution is 2.02. The van der Waals surface area contributed by atoms with Gasteiger partial charge in [0.15, 0.2) is 0 Å². The molecular weight excluding hydrogens is 178 g/mol. The van der Waals surface area contributed by atoms with Gasteiger partial charge in [0.25, 0.3) is 0 Å². The van der Waals surface area contributed by atoms with Crippen LogP contribution in [0.5, 0.6) is 0 Å². The van der Waals surface area contributed by atoms with E-state index in [9.17, 15) is 4.79 Å². The van der Waals surface area contributed by atoms with Crippen LogP contribution in [0, 0.1) is 0 Å². The summed E-state index contributed by atoms with van der Waals surface area (Å²) in [5.74, 6) is -0.747. The zero-order valence-electron chi connectivity index (χ0n) is 7.67. The summed E-state index contributed by atoms with van der Waals surface area (Å²) in [6.07, 6.45) is 3.98. The molecule has 1 atom stereocenters. The van der Waals surface area contributed by atoms with Crippen molar-refractivity contribution in [3.8, 4) is 0 Å². The van der Waals surface area contributed by atoms with Gasteiger partial charge in [-0.15, -0.1) is 12.4 Å². The molecule has 0 rings (SSSR count). The lowest BCUT2D eigenvalue weighted by Crippen LogP contribution is -2.33. The second kappa shape index (κ2) is 8.81. The van der Waals surface area contributed by atoms with Crippen molar-refractivity contribution in [2.45, 2.75) is 38.6 Å². The highest BCUT2D eigenvalue weighted by atomic mass is 35.5. The minimum Gasteiger partial charge on any atom is -0.480 e. The van der Waals surface area contributed by atoms with E-state index < -0.39 is 5.97 Å². The smallest absolute Gasteiger partial charge is 0.320 e. The average molecular weight is 196 g/mol. The molecule has 0 aromatic carbocycles. The number of rotatable bonds is 6. The number of carboxylic acids is 1. The lowest BCUT2D eigenvalue weighted by molar-refractivity contribution is -0.139. The number of unbranched alkanes of at least 4 members (excludes halogenated alkanes) is 2. The van der Waals surface area contributed by atoms with Crippen LogP contribution in [0.3, 0.4) is 0 Å². The summed E-state index contributed by atoms with van der Waals surface area (Å²) in [5.41, 5.74) is 0. The van der Waals surface area contributed by atoms with Crippen molar-refractivity contribution < 1.29 is 9.90 Å². The summed E-state index contributed by atoms with van der Waals surface area (Å²) in [4.78, 5) is 10.5. The molecule has 3 nitrogen and oxygen atoms in total. The number of likely N-dealkylation sites (N-methyl/N-ethyl adjacent to an activating group) is 1. The first-order valence-electron chi connectivity index (χ1n) is 4.12. The Balaban J connectivity index is 0. The Morgan fingerprint density at radius 2 is 2.08 bits per heavy atom. The Bertz CT molecular complexity index is 120. The Hall–Kier alpha value is -0.280. The number of carboxylic acid groups (broad SMARTS) is 1. The van der Waals surface area contributed by atoms with Gasteiger partial charge in [0.1, 0.15) is 6.04 Å². The van der Waals surface area contributed by atoms with Crippen molar-refractivity contribution in [3.63, 3.8) is 0 Å². The number of hydrogen-bond acceptors (Lipinski definition) is 2. The maximum Gasteiger partial charge on any atom is 0.320 e. The van der Waals surface area contributed by atoms with Crippen LogP contribution < -0.4 is 5.32 Å². The van der Waals surface area contributed by atoms with Crippen LogP contribution in [-0.2, 0) is 4.79 Å². The zero-order chi connectivity index (χ0) is 8.69. The molecule has 0 saturated carbocycles. The van der Waals surface area contributed by atoms with Crippen LogP contribution in [0.15, 0.2) is 0 Å². The number of hydrogen-bond donors (Lipinski definition) is 2. The molecule has 0 aliphatic carbocycles. The fourth-order valence-electron chi connectivity index (χ4n) is 0.990. The van der Waals surface area contributed by atoms with Gasteiger partial charge in [0.05, 0.1) is 0 Å². The molecule has 4 heteroatoms. The fraction of sp³-hybridized carbons (Fsp3) is 0.875. The van der Waals surface area contributed by atoms with Crippen molar-refractivity contribution in [1.29, 1.82) is 0 Å². The molecule has 0 saturated heterocycles. The van der Waals surface area contributed by atoms with E-state index >= 15 is 0 Å². The maximum atomic E-state index is 10.5. The van der Waals surface area contributed by atoms with Gasteiger partial charge in [0, 0.05) is 0 Å². The van der Waals surface area contributed by atoms with Gasteiger partial charge in [0.2, 0.25) is 0 Å². The minimum atomic E-state index is -0.747. The molecule has 0 amide bonds. The molecule has 74 valence electrons. The molecule has 0 aromatic rings. The Morgan fingerprint density at radius 3 is 2.42 bits per heavy atom. The summed E-state index contributed by atoms with van der Waals surface area (Å²) < 4.78 is 0. The molecule has 0 unspecified atom stereocenters. The van der Waals surface area contributed by atoms with Crippen molar-refractivity contribution >= 4 is 18.4 Å². The summed E-state index contributed by atoms with van der Waals surface area (Å²) in [7, 11) is 1.69. The molecular formula is C8H18ClNO2. The summed E-state index contributed by atoms with van der Waals surface area (Å²) in [6, 6.07) is -0.360. The van der Waals surface area contributed by atoms with Crippen molar-refractivity contribution in [2.75, 3.05) is 7.05 Å². The molecule has 0 aromatic heterocycles. The molecule has 12 heavy (non-hydrogen) atoms. The molecule has 0 spiro atoms. The van der Waals surface area contributed by atoms with Crippen LogP contribution in [0.4, 0.5) is 0 Å². The van der Waals surface area contributed by atoms with Gasteiger partial charge in [-0.05, 0) is 13.5 Å². The van der Waals surface area contributed by atoms with Crippen LogP contribution in [-0.4, -0.2) is 24.2 Å². The van der Waals surface area contributed by atoms with Gasteiger partial charge in [-0.25, -0.2) is 0 Å². The summed E-state index contributed by atoms with van der Waals surface area (Å²) >= 11 is 0. The lowest BCUT2D eigenvalue weighted by atomic mass is 10.1. The molecule has 0 radical (unpaired) electrons. The SMILES string of the molecule is CCCCC[C@H](NC)C(=O)O.Cl. The van der Waals surface area contributed by atoms with E-state index in [4.69, 9.17) is 5.11 Å². The zero-order valence-corrected chi connectivity index (χ0v) is 8.49. The fourth-order valence-corrected chi connectivity index (χ4v) is 0.990. The number of halogens is 1. The monoisotopic (exact) mass is 195 g/mol. The van der Waals surface area contributed by atoms with E-state index in [1.165, 1.54) is 0 Å². The largest absolute Gasteiger partial charge is 0.480 e. The Morgan fingerprint density at radius 1 is 1.50 bits per heavy atom. The third-order valence-electron chi connectivity index (χ3n) is 1.74. The number of aliphatic carboxylic acids is 1. The van der Waals surface area contributed by atoms with E-state index in [2.05, 4.69) is 12.2 Å².